The zero-order valence-electron chi connectivity index (χ0n) is 10.3. The summed E-state index contributed by atoms with van der Waals surface area (Å²) < 4.78 is 0. The molecule has 0 aromatic heterocycles. The van der Waals surface area contributed by atoms with Crippen molar-refractivity contribution in [1.29, 1.82) is 0 Å². The SMILES string of the molecule is CN1CCc2cc(C(C)(C)C)ccc2C1. The summed E-state index contributed by atoms with van der Waals surface area (Å²) in [6, 6.07) is 7.01. The van der Waals surface area contributed by atoms with Crippen molar-refractivity contribution in [3.8, 4) is 0 Å². The monoisotopic (exact) mass is 203 g/mol. The predicted molar refractivity (Wildman–Crippen MR) is 65.2 cm³/mol. The molecule has 0 atom stereocenters. The molecule has 1 aliphatic heterocycles. The summed E-state index contributed by atoms with van der Waals surface area (Å²) in [4.78, 5) is 2.39. The van der Waals surface area contributed by atoms with Gasteiger partial charge >= 0.3 is 0 Å². The smallest absolute Gasteiger partial charge is 0.0233 e. The molecule has 1 nitrogen and oxygen atoms in total. The molecule has 0 saturated heterocycles. The highest BCUT2D eigenvalue weighted by atomic mass is 15.1. The van der Waals surface area contributed by atoms with E-state index in [2.05, 4.69) is 50.9 Å². The van der Waals surface area contributed by atoms with Crippen LogP contribution in [0.5, 0.6) is 0 Å². The van der Waals surface area contributed by atoms with Gasteiger partial charge in [0.05, 0.1) is 0 Å². The molecular formula is C14H21N. The van der Waals surface area contributed by atoms with Gasteiger partial charge < -0.3 is 4.90 Å². The quantitative estimate of drug-likeness (QED) is 0.626. The van der Waals surface area contributed by atoms with Crippen molar-refractivity contribution in [2.75, 3.05) is 13.6 Å². The van der Waals surface area contributed by atoms with Crippen LogP contribution >= 0.6 is 0 Å². The van der Waals surface area contributed by atoms with Crippen molar-refractivity contribution < 1.29 is 0 Å². The molecule has 0 fully saturated rings. The minimum absolute atomic E-state index is 0.276. The first-order chi connectivity index (χ1) is 6.97. The minimum Gasteiger partial charge on any atom is -0.302 e. The zero-order valence-corrected chi connectivity index (χ0v) is 10.3. The molecule has 0 N–H and O–H groups in total. The summed E-state index contributed by atoms with van der Waals surface area (Å²) in [5.41, 5.74) is 4.81. The van der Waals surface area contributed by atoms with E-state index >= 15 is 0 Å². The Morgan fingerprint density at radius 2 is 1.87 bits per heavy atom. The van der Waals surface area contributed by atoms with Gasteiger partial charge in [-0.2, -0.15) is 0 Å². The molecule has 82 valence electrons. The molecule has 0 bridgehead atoms. The van der Waals surface area contributed by atoms with Gasteiger partial charge in [-0.15, -0.1) is 0 Å². The number of rotatable bonds is 0. The molecule has 1 aromatic rings. The zero-order chi connectivity index (χ0) is 11.1. The van der Waals surface area contributed by atoms with Crippen molar-refractivity contribution in [3.63, 3.8) is 0 Å². The third-order valence-corrected chi connectivity index (χ3v) is 3.28. The molecule has 1 aliphatic rings. The fraction of sp³-hybridized carbons (Fsp3) is 0.571. The molecule has 0 radical (unpaired) electrons. The van der Waals surface area contributed by atoms with Gasteiger partial charge in [0.25, 0.3) is 0 Å². The molecule has 1 heterocycles. The van der Waals surface area contributed by atoms with Crippen molar-refractivity contribution in [2.24, 2.45) is 0 Å². The number of hydrogen-bond donors (Lipinski definition) is 0. The van der Waals surface area contributed by atoms with E-state index < -0.39 is 0 Å². The molecule has 15 heavy (non-hydrogen) atoms. The first-order valence-corrected chi connectivity index (χ1v) is 5.77. The Labute approximate surface area is 93.1 Å². The Balaban J connectivity index is 2.35. The van der Waals surface area contributed by atoms with Gasteiger partial charge in [-0.1, -0.05) is 39.0 Å². The summed E-state index contributed by atoms with van der Waals surface area (Å²) >= 11 is 0. The van der Waals surface area contributed by atoms with E-state index in [0.717, 1.165) is 6.54 Å². The van der Waals surface area contributed by atoms with Gasteiger partial charge in [0, 0.05) is 13.1 Å². The van der Waals surface area contributed by atoms with Crippen LogP contribution in [-0.2, 0) is 18.4 Å². The number of likely N-dealkylation sites (N-methyl/N-ethyl adjacent to an activating group) is 1. The molecule has 0 spiro atoms. The second-order valence-corrected chi connectivity index (χ2v) is 5.72. The third-order valence-electron chi connectivity index (χ3n) is 3.28. The minimum atomic E-state index is 0.276. The van der Waals surface area contributed by atoms with Gasteiger partial charge in [0.1, 0.15) is 0 Å². The largest absolute Gasteiger partial charge is 0.302 e. The maximum atomic E-state index is 2.41. The lowest BCUT2D eigenvalue weighted by Gasteiger charge is -2.27. The van der Waals surface area contributed by atoms with Gasteiger partial charge in [0.15, 0.2) is 0 Å². The van der Waals surface area contributed by atoms with Crippen molar-refractivity contribution in [1.82, 2.24) is 4.90 Å². The highest BCUT2D eigenvalue weighted by molar-refractivity contribution is 5.36. The molecule has 0 saturated carbocycles. The summed E-state index contributed by atoms with van der Waals surface area (Å²) in [6.45, 7) is 9.15. The lowest BCUT2D eigenvalue weighted by Crippen LogP contribution is -2.27. The fourth-order valence-electron chi connectivity index (χ4n) is 2.16. The Kier molecular flexibility index (Phi) is 2.59. The molecule has 1 aromatic carbocycles. The molecule has 2 rings (SSSR count). The van der Waals surface area contributed by atoms with Crippen LogP contribution in [-0.4, -0.2) is 18.5 Å². The molecule has 1 heteroatoms. The number of fused-ring (bicyclic) bond motifs is 1. The Hall–Kier alpha value is -0.820. The van der Waals surface area contributed by atoms with E-state index in [1.807, 2.05) is 0 Å². The number of hydrogen-bond acceptors (Lipinski definition) is 1. The van der Waals surface area contributed by atoms with E-state index in [4.69, 9.17) is 0 Å². The maximum absolute atomic E-state index is 2.41. The van der Waals surface area contributed by atoms with Crippen LogP contribution in [0.3, 0.4) is 0 Å². The number of benzene rings is 1. The molecule has 0 amide bonds. The van der Waals surface area contributed by atoms with Crippen molar-refractivity contribution in [3.05, 3.63) is 34.9 Å². The molecule has 0 aliphatic carbocycles. The number of nitrogens with zero attached hydrogens (tertiary/aromatic N) is 1. The van der Waals surface area contributed by atoms with E-state index in [0.29, 0.717) is 0 Å². The Morgan fingerprint density at radius 1 is 1.13 bits per heavy atom. The second kappa shape index (κ2) is 3.64. The highest BCUT2D eigenvalue weighted by Gasteiger charge is 2.18. The van der Waals surface area contributed by atoms with Crippen LogP contribution in [0.2, 0.25) is 0 Å². The average Bonchev–Trinajstić information content (AvgIpc) is 2.15. The van der Waals surface area contributed by atoms with Crippen molar-refractivity contribution >= 4 is 0 Å². The van der Waals surface area contributed by atoms with E-state index in [1.165, 1.54) is 24.1 Å². The van der Waals surface area contributed by atoms with Crippen molar-refractivity contribution in [2.45, 2.75) is 39.2 Å². The van der Waals surface area contributed by atoms with E-state index in [1.54, 1.807) is 5.56 Å². The summed E-state index contributed by atoms with van der Waals surface area (Å²) in [5.74, 6) is 0. The van der Waals surface area contributed by atoms with E-state index in [-0.39, 0.29) is 5.41 Å². The van der Waals surface area contributed by atoms with Crippen LogP contribution in [0.4, 0.5) is 0 Å². The lowest BCUT2D eigenvalue weighted by atomic mass is 9.84. The Morgan fingerprint density at radius 3 is 2.53 bits per heavy atom. The third kappa shape index (κ3) is 2.23. The van der Waals surface area contributed by atoms with Crippen LogP contribution in [0, 0.1) is 0 Å². The summed E-state index contributed by atoms with van der Waals surface area (Å²) in [5, 5.41) is 0. The predicted octanol–water partition coefficient (Wildman–Crippen LogP) is 2.97. The van der Waals surface area contributed by atoms with Crippen LogP contribution in [0.25, 0.3) is 0 Å². The van der Waals surface area contributed by atoms with Crippen LogP contribution in [0.1, 0.15) is 37.5 Å². The maximum Gasteiger partial charge on any atom is 0.0233 e. The van der Waals surface area contributed by atoms with Gasteiger partial charge in [-0.25, -0.2) is 0 Å². The van der Waals surface area contributed by atoms with Crippen LogP contribution in [0.15, 0.2) is 18.2 Å². The second-order valence-electron chi connectivity index (χ2n) is 5.72. The molecular weight excluding hydrogens is 182 g/mol. The normalized spacial score (nSPS) is 17.6. The Bertz CT molecular complexity index is 360. The highest BCUT2D eigenvalue weighted by Crippen LogP contribution is 2.26. The lowest BCUT2D eigenvalue weighted by molar-refractivity contribution is 0.312. The van der Waals surface area contributed by atoms with Gasteiger partial charge in [-0.05, 0) is 35.6 Å². The topological polar surface area (TPSA) is 3.24 Å². The molecule has 0 unspecified atom stereocenters. The summed E-state index contributed by atoms with van der Waals surface area (Å²) in [6.07, 6.45) is 1.20. The first-order valence-electron chi connectivity index (χ1n) is 5.77. The van der Waals surface area contributed by atoms with Gasteiger partial charge in [-0.3, -0.25) is 0 Å². The standard InChI is InChI=1S/C14H21N/c1-14(2,3)13-6-5-12-10-15(4)8-7-11(12)9-13/h5-6,9H,7-8,10H2,1-4H3. The first kappa shape index (κ1) is 10.7. The van der Waals surface area contributed by atoms with E-state index in [9.17, 15) is 0 Å². The summed E-state index contributed by atoms with van der Waals surface area (Å²) in [7, 11) is 2.20. The van der Waals surface area contributed by atoms with Gasteiger partial charge in [0.2, 0.25) is 0 Å². The fourth-order valence-corrected chi connectivity index (χ4v) is 2.16. The average molecular weight is 203 g/mol. The van der Waals surface area contributed by atoms with Crippen LogP contribution < -0.4 is 0 Å².